The molecule has 1 aromatic heterocycles. The Kier molecular flexibility index (Phi) is 6.34. The average Bonchev–Trinajstić information content (AvgIpc) is 3.16. The van der Waals surface area contributed by atoms with Crippen LogP contribution in [0.15, 0.2) is 60.8 Å². The summed E-state index contributed by atoms with van der Waals surface area (Å²) in [5.41, 5.74) is 1.20. The van der Waals surface area contributed by atoms with Crippen molar-refractivity contribution in [2.45, 2.75) is 19.4 Å². The molecule has 28 heavy (non-hydrogen) atoms. The fraction of sp³-hybridized carbons (Fsp3) is 0.150. The van der Waals surface area contributed by atoms with E-state index in [4.69, 9.17) is 23.2 Å². The van der Waals surface area contributed by atoms with E-state index in [-0.39, 0.29) is 11.6 Å². The summed E-state index contributed by atoms with van der Waals surface area (Å²) in [6.07, 6.45) is 2.09. The van der Waals surface area contributed by atoms with Crippen LogP contribution in [0.1, 0.15) is 29.9 Å². The van der Waals surface area contributed by atoms with E-state index in [1.54, 1.807) is 60.8 Å². The van der Waals surface area contributed by atoms with Crippen molar-refractivity contribution in [3.8, 4) is 0 Å². The van der Waals surface area contributed by atoms with E-state index in [2.05, 4.69) is 15.7 Å². The fourth-order valence-electron chi connectivity index (χ4n) is 2.65. The Bertz CT molecular complexity index is 1000. The first kappa shape index (κ1) is 19.9. The molecule has 1 unspecified atom stereocenters. The highest BCUT2D eigenvalue weighted by Crippen LogP contribution is 2.23. The molecule has 0 aliphatic rings. The van der Waals surface area contributed by atoms with Crippen molar-refractivity contribution in [3.05, 3.63) is 76.5 Å². The highest BCUT2D eigenvalue weighted by molar-refractivity contribution is 6.34. The molecule has 1 atom stereocenters. The standard InChI is InChI=1S/C20H18Cl2N4O2/c1-2-18(20(28)24-16-10-6-4-8-14(16)22)26-12-11-17(25-26)19(27)23-15-9-5-3-7-13(15)21/h3-12,18H,2H2,1H3,(H,23,27)(H,24,28). The molecule has 6 nitrogen and oxygen atoms in total. The van der Waals surface area contributed by atoms with Crippen molar-refractivity contribution < 1.29 is 9.59 Å². The molecule has 0 spiro atoms. The summed E-state index contributed by atoms with van der Waals surface area (Å²) in [6.45, 7) is 1.86. The third kappa shape index (κ3) is 4.52. The number of benzene rings is 2. The van der Waals surface area contributed by atoms with Crippen LogP contribution in [0.5, 0.6) is 0 Å². The number of nitrogens with zero attached hydrogens (tertiary/aromatic N) is 2. The second-order valence-corrected chi connectivity index (χ2v) is 6.82. The molecule has 2 amide bonds. The van der Waals surface area contributed by atoms with Crippen molar-refractivity contribution >= 4 is 46.4 Å². The van der Waals surface area contributed by atoms with Crippen LogP contribution in [0.3, 0.4) is 0 Å². The zero-order chi connectivity index (χ0) is 20.1. The molecular formula is C20H18Cl2N4O2. The van der Waals surface area contributed by atoms with E-state index >= 15 is 0 Å². The number of halogens is 2. The minimum Gasteiger partial charge on any atom is -0.323 e. The van der Waals surface area contributed by atoms with Crippen molar-refractivity contribution in [2.75, 3.05) is 10.6 Å². The second-order valence-electron chi connectivity index (χ2n) is 6.01. The Morgan fingerprint density at radius 3 is 2.11 bits per heavy atom. The first-order valence-corrected chi connectivity index (χ1v) is 9.41. The van der Waals surface area contributed by atoms with Gasteiger partial charge in [-0.2, -0.15) is 5.10 Å². The SMILES string of the molecule is CCC(C(=O)Nc1ccccc1Cl)n1ccc(C(=O)Nc2ccccc2Cl)n1. The molecule has 0 aliphatic heterocycles. The number of rotatable bonds is 6. The van der Waals surface area contributed by atoms with E-state index < -0.39 is 11.9 Å². The van der Waals surface area contributed by atoms with Gasteiger partial charge in [0.1, 0.15) is 6.04 Å². The Morgan fingerprint density at radius 1 is 0.964 bits per heavy atom. The molecule has 0 radical (unpaired) electrons. The lowest BCUT2D eigenvalue weighted by Crippen LogP contribution is -2.26. The lowest BCUT2D eigenvalue weighted by atomic mass is 10.2. The summed E-state index contributed by atoms with van der Waals surface area (Å²) in [4.78, 5) is 25.1. The molecule has 2 aromatic carbocycles. The van der Waals surface area contributed by atoms with Gasteiger partial charge in [-0.05, 0) is 36.8 Å². The molecule has 3 rings (SSSR count). The molecule has 8 heteroatoms. The number of carbonyl (C=O) groups excluding carboxylic acids is 2. The quantitative estimate of drug-likeness (QED) is 0.591. The zero-order valence-corrected chi connectivity index (χ0v) is 16.5. The molecule has 144 valence electrons. The van der Waals surface area contributed by atoms with Crippen LogP contribution in [-0.4, -0.2) is 21.6 Å². The molecule has 1 heterocycles. The van der Waals surface area contributed by atoms with Gasteiger partial charge in [-0.25, -0.2) is 0 Å². The van der Waals surface area contributed by atoms with E-state index in [0.29, 0.717) is 27.8 Å². The highest BCUT2D eigenvalue weighted by atomic mass is 35.5. The van der Waals surface area contributed by atoms with Crippen molar-refractivity contribution in [1.29, 1.82) is 0 Å². The minimum atomic E-state index is -0.585. The largest absolute Gasteiger partial charge is 0.323 e. The number of anilines is 2. The molecule has 0 fully saturated rings. The summed E-state index contributed by atoms with van der Waals surface area (Å²) >= 11 is 12.2. The van der Waals surface area contributed by atoms with Crippen molar-refractivity contribution in [2.24, 2.45) is 0 Å². The smallest absolute Gasteiger partial charge is 0.276 e. The minimum absolute atomic E-state index is 0.184. The summed E-state index contributed by atoms with van der Waals surface area (Å²) in [5, 5.41) is 10.6. The number of carbonyl (C=O) groups is 2. The lowest BCUT2D eigenvalue weighted by Gasteiger charge is -2.16. The van der Waals surface area contributed by atoms with Gasteiger partial charge in [0.25, 0.3) is 5.91 Å². The predicted molar refractivity (Wildman–Crippen MR) is 111 cm³/mol. The van der Waals surface area contributed by atoms with Crippen LogP contribution < -0.4 is 10.6 Å². The first-order chi connectivity index (χ1) is 13.5. The maximum atomic E-state index is 12.7. The van der Waals surface area contributed by atoms with Crippen LogP contribution >= 0.6 is 23.2 Å². The summed E-state index contributed by atoms with van der Waals surface area (Å²) in [6, 6.07) is 14.9. The van der Waals surface area contributed by atoms with Gasteiger partial charge in [-0.3, -0.25) is 14.3 Å². The van der Waals surface area contributed by atoms with Crippen molar-refractivity contribution in [1.82, 2.24) is 9.78 Å². The first-order valence-electron chi connectivity index (χ1n) is 8.66. The second kappa shape index (κ2) is 8.91. The molecule has 3 aromatic rings. The summed E-state index contributed by atoms with van der Waals surface area (Å²) < 4.78 is 1.47. The summed E-state index contributed by atoms with van der Waals surface area (Å²) in [5.74, 6) is -0.676. The van der Waals surface area contributed by atoms with E-state index in [1.165, 1.54) is 4.68 Å². The van der Waals surface area contributed by atoms with Crippen LogP contribution in [0, 0.1) is 0 Å². The van der Waals surface area contributed by atoms with E-state index in [0.717, 1.165) is 0 Å². The van der Waals surface area contributed by atoms with E-state index in [9.17, 15) is 9.59 Å². The summed E-state index contributed by atoms with van der Waals surface area (Å²) in [7, 11) is 0. The Balaban J connectivity index is 1.73. The number of aromatic nitrogens is 2. The molecule has 0 saturated heterocycles. The van der Waals surface area contributed by atoms with Crippen LogP contribution in [0.2, 0.25) is 10.0 Å². The van der Waals surface area contributed by atoms with Gasteiger partial charge in [0.05, 0.1) is 21.4 Å². The van der Waals surface area contributed by atoms with Gasteiger partial charge in [-0.15, -0.1) is 0 Å². The molecule has 0 aliphatic carbocycles. The highest BCUT2D eigenvalue weighted by Gasteiger charge is 2.22. The third-order valence-electron chi connectivity index (χ3n) is 4.10. The normalized spacial score (nSPS) is 11.7. The lowest BCUT2D eigenvalue weighted by molar-refractivity contribution is -0.119. The Hall–Kier alpha value is -2.83. The number of amides is 2. The van der Waals surface area contributed by atoms with Gasteiger partial charge in [0.15, 0.2) is 5.69 Å². The molecule has 0 saturated carbocycles. The number of para-hydroxylation sites is 2. The maximum absolute atomic E-state index is 12.7. The maximum Gasteiger partial charge on any atom is 0.276 e. The molecule has 0 bridgehead atoms. The van der Waals surface area contributed by atoms with Gasteiger partial charge in [-0.1, -0.05) is 54.4 Å². The zero-order valence-electron chi connectivity index (χ0n) is 15.0. The van der Waals surface area contributed by atoms with Gasteiger partial charge in [0, 0.05) is 6.20 Å². The van der Waals surface area contributed by atoms with E-state index in [1.807, 2.05) is 6.92 Å². The predicted octanol–water partition coefficient (Wildman–Crippen LogP) is 5.03. The van der Waals surface area contributed by atoms with Gasteiger partial charge in [0.2, 0.25) is 5.91 Å². The average molecular weight is 417 g/mol. The topological polar surface area (TPSA) is 76.0 Å². The third-order valence-corrected chi connectivity index (χ3v) is 4.76. The van der Waals surface area contributed by atoms with Crippen molar-refractivity contribution in [3.63, 3.8) is 0 Å². The van der Waals surface area contributed by atoms with Gasteiger partial charge >= 0.3 is 0 Å². The Labute approximate surface area is 172 Å². The fourth-order valence-corrected chi connectivity index (χ4v) is 3.02. The van der Waals surface area contributed by atoms with Crippen LogP contribution in [0.25, 0.3) is 0 Å². The Morgan fingerprint density at radius 2 is 1.54 bits per heavy atom. The monoisotopic (exact) mass is 416 g/mol. The van der Waals surface area contributed by atoms with Gasteiger partial charge < -0.3 is 10.6 Å². The molecular weight excluding hydrogens is 399 g/mol. The molecule has 2 N–H and O–H groups in total. The number of hydrogen-bond donors (Lipinski definition) is 2. The van der Waals surface area contributed by atoms with Crippen LogP contribution in [0.4, 0.5) is 11.4 Å². The number of hydrogen-bond acceptors (Lipinski definition) is 3. The van der Waals surface area contributed by atoms with Crippen LogP contribution in [-0.2, 0) is 4.79 Å². The number of nitrogens with one attached hydrogen (secondary N) is 2.